The molecule has 0 aromatic carbocycles. The van der Waals surface area contributed by atoms with E-state index in [1.54, 1.807) is 0 Å². The van der Waals surface area contributed by atoms with Gasteiger partial charge in [-0.05, 0) is 18.8 Å². The van der Waals surface area contributed by atoms with Crippen LogP contribution in [-0.4, -0.2) is 49.1 Å². The third-order valence-electron chi connectivity index (χ3n) is 3.12. The molecule has 1 fully saturated rings. The minimum absolute atomic E-state index is 0.0568. The molecule has 1 aliphatic rings. The first-order chi connectivity index (χ1) is 8.40. The highest BCUT2D eigenvalue weighted by molar-refractivity contribution is 5.82. The number of carbonyl (C=O) groups is 1. The van der Waals surface area contributed by atoms with Crippen molar-refractivity contribution in [2.24, 2.45) is 11.8 Å². The summed E-state index contributed by atoms with van der Waals surface area (Å²) in [5.41, 5.74) is 0. The summed E-state index contributed by atoms with van der Waals surface area (Å²) in [4.78, 5) is 14.5. The summed E-state index contributed by atoms with van der Waals surface area (Å²) in [5, 5.41) is 6.71. The van der Waals surface area contributed by atoms with Crippen LogP contribution in [-0.2, 0) is 4.79 Å². The Labute approximate surface area is 111 Å². The minimum atomic E-state index is -0.0568. The van der Waals surface area contributed by atoms with Crippen molar-refractivity contribution < 1.29 is 4.79 Å². The molecule has 2 N–H and O–H groups in total. The fourth-order valence-electron chi connectivity index (χ4n) is 2.31. The van der Waals surface area contributed by atoms with Crippen molar-refractivity contribution in [1.29, 1.82) is 0 Å². The molecule has 0 spiro atoms. The average molecular weight is 255 g/mol. The van der Waals surface area contributed by atoms with Gasteiger partial charge in [-0.3, -0.25) is 4.79 Å². The Morgan fingerprint density at radius 3 is 2.06 bits per heavy atom. The maximum absolute atomic E-state index is 12.5. The second-order valence-corrected chi connectivity index (χ2v) is 6.30. The molecule has 1 rings (SSSR count). The molecule has 1 amide bonds. The molecule has 2 atom stereocenters. The van der Waals surface area contributed by atoms with Crippen LogP contribution in [0.15, 0.2) is 0 Å². The number of hydrogen-bond acceptors (Lipinski definition) is 3. The molecule has 4 nitrogen and oxygen atoms in total. The second kappa shape index (κ2) is 7.10. The van der Waals surface area contributed by atoms with Gasteiger partial charge >= 0.3 is 0 Å². The van der Waals surface area contributed by atoms with Crippen molar-refractivity contribution in [2.75, 3.05) is 26.2 Å². The predicted octanol–water partition coefficient (Wildman–Crippen LogP) is 1.08. The lowest BCUT2D eigenvalue weighted by Gasteiger charge is -2.34. The summed E-state index contributed by atoms with van der Waals surface area (Å²) in [6, 6.07) is 0.399. The monoisotopic (exact) mass is 255 g/mol. The summed E-state index contributed by atoms with van der Waals surface area (Å²) < 4.78 is 0. The summed E-state index contributed by atoms with van der Waals surface area (Å²) in [6.07, 6.45) is 0. The van der Waals surface area contributed by atoms with Crippen LogP contribution in [0.3, 0.4) is 0 Å². The molecule has 0 radical (unpaired) electrons. The van der Waals surface area contributed by atoms with Crippen LogP contribution in [0.1, 0.15) is 34.6 Å². The van der Waals surface area contributed by atoms with Crippen molar-refractivity contribution in [1.82, 2.24) is 15.5 Å². The Morgan fingerprint density at radius 2 is 1.67 bits per heavy atom. The van der Waals surface area contributed by atoms with Gasteiger partial charge in [0.15, 0.2) is 0 Å². The Morgan fingerprint density at radius 1 is 1.11 bits per heavy atom. The van der Waals surface area contributed by atoms with Gasteiger partial charge < -0.3 is 15.5 Å². The van der Waals surface area contributed by atoms with Crippen LogP contribution < -0.4 is 10.6 Å². The van der Waals surface area contributed by atoms with Crippen molar-refractivity contribution in [3.8, 4) is 0 Å². The topological polar surface area (TPSA) is 44.4 Å². The van der Waals surface area contributed by atoms with Gasteiger partial charge in [-0.25, -0.2) is 0 Å². The molecule has 1 saturated heterocycles. The fourth-order valence-corrected chi connectivity index (χ4v) is 2.31. The Balaban J connectivity index is 2.57. The SMILES string of the molecule is CC(C)CN(CC(C)C)C(=O)C1CNC(C)CN1. The smallest absolute Gasteiger partial charge is 0.241 e. The van der Waals surface area contributed by atoms with Crippen LogP contribution in [0.2, 0.25) is 0 Å². The van der Waals surface area contributed by atoms with Crippen molar-refractivity contribution in [3.63, 3.8) is 0 Å². The van der Waals surface area contributed by atoms with Gasteiger partial charge in [0.05, 0.1) is 6.04 Å². The molecule has 0 aromatic rings. The van der Waals surface area contributed by atoms with E-state index in [4.69, 9.17) is 0 Å². The zero-order valence-electron chi connectivity index (χ0n) is 12.5. The van der Waals surface area contributed by atoms with Crippen LogP contribution in [0, 0.1) is 11.8 Å². The molecule has 0 aliphatic carbocycles. The first kappa shape index (κ1) is 15.4. The molecular weight excluding hydrogens is 226 g/mol. The quantitative estimate of drug-likeness (QED) is 0.772. The van der Waals surface area contributed by atoms with Gasteiger partial charge in [0.2, 0.25) is 5.91 Å². The standard InChI is InChI=1S/C14H29N3O/c1-10(2)8-17(9-11(3)4)14(18)13-7-15-12(5)6-16-13/h10-13,15-16H,6-9H2,1-5H3. The first-order valence-corrected chi connectivity index (χ1v) is 7.15. The van der Waals surface area contributed by atoms with Crippen molar-refractivity contribution >= 4 is 5.91 Å². The number of rotatable bonds is 5. The number of nitrogens with one attached hydrogen (secondary N) is 2. The Kier molecular flexibility index (Phi) is 6.09. The number of piperazine rings is 1. The molecular formula is C14H29N3O. The Bertz CT molecular complexity index is 248. The highest BCUT2D eigenvalue weighted by Gasteiger charge is 2.27. The maximum Gasteiger partial charge on any atom is 0.241 e. The second-order valence-electron chi connectivity index (χ2n) is 6.30. The molecule has 1 heterocycles. The largest absolute Gasteiger partial charge is 0.341 e. The number of carbonyl (C=O) groups excluding carboxylic acids is 1. The van der Waals surface area contributed by atoms with E-state index in [1.165, 1.54) is 0 Å². The van der Waals surface area contributed by atoms with E-state index in [-0.39, 0.29) is 11.9 Å². The zero-order chi connectivity index (χ0) is 13.7. The first-order valence-electron chi connectivity index (χ1n) is 7.15. The van der Waals surface area contributed by atoms with Crippen LogP contribution in [0.4, 0.5) is 0 Å². The molecule has 0 bridgehead atoms. The molecule has 4 heteroatoms. The zero-order valence-corrected chi connectivity index (χ0v) is 12.5. The summed E-state index contributed by atoms with van der Waals surface area (Å²) in [7, 11) is 0. The highest BCUT2D eigenvalue weighted by atomic mass is 16.2. The van der Waals surface area contributed by atoms with E-state index in [9.17, 15) is 4.79 Å². The summed E-state index contributed by atoms with van der Waals surface area (Å²) in [5.74, 6) is 1.28. The van der Waals surface area contributed by atoms with Crippen molar-refractivity contribution in [2.45, 2.75) is 46.7 Å². The summed E-state index contributed by atoms with van der Waals surface area (Å²) in [6.45, 7) is 14.1. The predicted molar refractivity (Wildman–Crippen MR) is 75.5 cm³/mol. The van der Waals surface area contributed by atoms with Crippen LogP contribution in [0.25, 0.3) is 0 Å². The fraction of sp³-hybridized carbons (Fsp3) is 0.929. The van der Waals surface area contributed by atoms with Crippen LogP contribution >= 0.6 is 0 Å². The average Bonchev–Trinajstić information content (AvgIpc) is 2.27. The van der Waals surface area contributed by atoms with Gasteiger partial charge in [-0.2, -0.15) is 0 Å². The number of nitrogens with zero attached hydrogens (tertiary/aromatic N) is 1. The van der Waals surface area contributed by atoms with Gasteiger partial charge in [0, 0.05) is 32.2 Å². The molecule has 2 unspecified atom stereocenters. The van der Waals surface area contributed by atoms with Crippen LogP contribution in [0.5, 0.6) is 0 Å². The van der Waals surface area contributed by atoms with E-state index < -0.39 is 0 Å². The van der Waals surface area contributed by atoms with Gasteiger partial charge in [0.1, 0.15) is 0 Å². The third kappa shape index (κ3) is 4.94. The highest BCUT2D eigenvalue weighted by Crippen LogP contribution is 2.07. The van der Waals surface area contributed by atoms with E-state index in [0.717, 1.165) is 26.2 Å². The number of amides is 1. The van der Waals surface area contributed by atoms with Crippen molar-refractivity contribution in [3.05, 3.63) is 0 Å². The summed E-state index contributed by atoms with van der Waals surface area (Å²) >= 11 is 0. The number of hydrogen-bond donors (Lipinski definition) is 2. The lowest BCUT2D eigenvalue weighted by Crippen LogP contribution is -2.60. The third-order valence-corrected chi connectivity index (χ3v) is 3.12. The molecule has 1 aliphatic heterocycles. The van der Waals surface area contributed by atoms with Gasteiger partial charge in [0.25, 0.3) is 0 Å². The molecule has 18 heavy (non-hydrogen) atoms. The van der Waals surface area contributed by atoms with E-state index in [2.05, 4.69) is 45.3 Å². The lowest BCUT2D eigenvalue weighted by atomic mass is 10.1. The maximum atomic E-state index is 12.5. The molecule has 0 saturated carbocycles. The molecule has 0 aromatic heterocycles. The molecule has 106 valence electrons. The van der Waals surface area contributed by atoms with E-state index >= 15 is 0 Å². The Hall–Kier alpha value is -0.610. The van der Waals surface area contributed by atoms with E-state index in [1.807, 2.05) is 4.90 Å². The van der Waals surface area contributed by atoms with E-state index in [0.29, 0.717) is 17.9 Å². The van der Waals surface area contributed by atoms with Gasteiger partial charge in [-0.1, -0.05) is 27.7 Å². The normalized spacial score (nSPS) is 24.6. The lowest BCUT2D eigenvalue weighted by molar-refractivity contribution is -0.134. The van der Waals surface area contributed by atoms with Gasteiger partial charge in [-0.15, -0.1) is 0 Å². The minimum Gasteiger partial charge on any atom is -0.341 e.